The summed E-state index contributed by atoms with van der Waals surface area (Å²) in [6.07, 6.45) is 1.22. The molecule has 0 bridgehead atoms. The quantitative estimate of drug-likeness (QED) is 0.874. The van der Waals surface area contributed by atoms with Gasteiger partial charge in [-0.05, 0) is 42.5 Å². The standard InChI is InChI=1S/C17H28N2O.2ClH/c1-13(2)11-17(19-9-7-18-8-10-19)16-6-5-15(20-4)12-14(16)3;;/h5-6,12-13,17-18H,7-11H2,1-4H3;2*1H/t17-;;/m1../s1. The predicted octanol–water partition coefficient (Wildman–Crippen LogP) is 3.84. The number of nitrogens with one attached hydrogen (secondary N) is 1. The normalized spacial score (nSPS) is 16.6. The average Bonchev–Trinajstić information content (AvgIpc) is 2.45. The fourth-order valence-corrected chi connectivity index (χ4v) is 3.06. The lowest BCUT2D eigenvalue weighted by Crippen LogP contribution is -2.45. The molecule has 1 heterocycles. The molecule has 1 N–H and O–H groups in total. The maximum absolute atomic E-state index is 5.33. The van der Waals surface area contributed by atoms with Gasteiger partial charge in [0.2, 0.25) is 0 Å². The first-order chi connectivity index (χ1) is 9.61. The zero-order valence-electron chi connectivity index (χ0n) is 14.1. The molecule has 1 fully saturated rings. The van der Waals surface area contributed by atoms with Crippen LogP contribution in [0.2, 0.25) is 0 Å². The van der Waals surface area contributed by atoms with Gasteiger partial charge >= 0.3 is 0 Å². The highest BCUT2D eigenvalue weighted by Gasteiger charge is 2.24. The zero-order valence-corrected chi connectivity index (χ0v) is 15.7. The zero-order chi connectivity index (χ0) is 14.5. The molecule has 0 amide bonds. The predicted molar refractivity (Wildman–Crippen MR) is 98.9 cm³/mol. The second-order valence-electron chi connectivity index (χ2n) is 6.15. The van der Waals surface area contributed by atoms with Gasteiger partial charge in [0.15, 0.2) is 0 Å². The van der Waals surface area contributed by atoms with Gasteiger partial charge in [-0.1, -0.05) is 19.9 Å². The molecule has 1 aliphatic rings. The number of aryl methyl sites for hydroxylation is 1. The first-order valence-corrected chi connectivity index (χ1v) is 7.71. The smallest absolute Gasteiger partial charge is 0.119 e. The molecule has 0 aliphatic carbocycles. The number of hydrogen-bond donors (Lipinski definition) is 1. The Labute approximate surface area is 147 Å². The van der Waals surface area contributed by atoms with Gasteiger partial charge in [-0.25, -0.2) is 0 Å². The number of hydrogen-bond acceptors (Lipinski definition) is 3. The molecule has 22 heavy (non-hydrogen) atoms. The Morgan fingerprint density at radius 1 is 1.18 bits per heavy atom. The van der Waals surface area contributed by atoms with Crippen LogP contribution >= 0.6 is 24.8 Å². The first kappa shape index (κ1) is 21.5. The van der Waals surface area contributed by atoms with Gasteiger partial charge in [-0.3, -0.25) is 4.90 Å². The molecular formula is C17H30Cl2N2O. The molecule has 0 radical (unpaired) electrons. The number of ether oxygens (including phenoxy) is 1. The van der Waals surface area contributed by atoms with Crippen LogP contribution < -0.4 is 10.1 Å². The minimum atomic E-state index is 0. The molecule has 0 aromatic heterocycles. The summed E-state index contributed by atoms with van der Waals surface area (Å²) in [7, 11) is 1.73. The summed E-state index contributed by atoms with van der Waals surface area (Å²) < 4.78 is 5.33. The van der Waals surface area contributed by atoms with Crippen molar-refractivity contribution in [3.05, 3.63) is 29.3 Å². The third-order valence-corrected chi connectivity index (χ3v) is 4.12. The largest absolute Gasteiger partial charge is 0.497 e. The topological polar surface area (TPSA) is 24.5 Å². The third kappa shape index (κ3) is 5.62. The van der Waals surface area contributed by atoms with E-state index in [0.717, 1.165) is 31.9 Å². The Hall–Kier alpha value is -0.480. The summed E-state index contributed by atoms with van der Waals surface area (Å²) >= 11 is 0. The van der Waals surface area contributed by atoms with E-state index in [0.29, 0.717) is 12.0 Å². The molecular weight excluding hydrogens is 319 g/mol. The molecule has 1 aromatic rings. The first-order valence-electron chi connectivity index (χ1n) is 7.71. The molecule has 5 heteroatoms. The van der Waals surface area contributed by atoms with Crippen LogP contribution in [0.4, 0.5) is 0 Å². The van der Waals surface area contributed by atoms with Crippen molar-refractivity contribution in [2.45, 2.75) is 33.2 Å². The van der Waals surface area contributed by atoms with Crippen LogP contribution in [0, 0.1) is 12.8 Å². The van der Waals surface area contributed by atoms with Gasteiger partial charge in [0.25, 0.3) is 0 Å². The summed E-state index contributed by atoms with van der Waals surface area (Å²) in [5.41, 5.74) is 2.80. The van der Waals surface area contributed by atoms with Crippen molar-refractivity contribution in [1.82, 2.24) is 10.2 Å². The second kappa shape index (κ2) is 10.3. The van der Waals surface area contributed by atoms with Crippen molar-refractivity contribution in [3.8, 4) is 5.75 Å². The van der Waals surface area contributed by atoms with E-state index in [1.165, 1.54) is 17.5 Å². The fraction of sp³-hybridized carbons (Fsp3) is 0.647. The maximum Gasteiger partial charge on any atom is 0.119 e. The molecule has 0 saturated carbocycles. The number of nitrogens with zero attached hydrogens (tertiary/aromatic N) is 1. The summed E-state index contributed by atoms with van der Waals surface area (Å²) in [6, 6.07) is 7.04. The SMILES string of the molecule is COc1ccc([C@@H](CC(C)C)N2CCNCC2)c(C)c1.Cl.Cl. The van der Waals surface area contributed by atoms with Crippen molar-refractivity contribution >= 4 is 24.8 Å². The van der Waals surface area contributed by atoms with E-state index in [1.54, 1.807) is 7.11 Å². The molecule has 128 valence electrons. The van der Waals surface area contributed by atoms with E-state index in [4.69, 9.17) is 4.74 Å². The number of halogens is 2. The van der Waals surface area contributed by atoms with Gasteiger partial charge < -0.3 is 10.1 Å². The highest BCUT2D eigenvalue weighted by molar-refractivity contribution is 5.85. The van der Waals surface area contributed by atoms with Crippen LogP contribution in [0.15, 0.2) is 18.2 Å². The molecule has 1 saturated heterocycles. The number of piperazine rings is 1. The van der Waals surface area contributed by atoms with Crippen LogP contribution in [0.5, 0.6) is 5.75 Å². The van der Waals surface area contributed by atoms with Crippen molar-refractivity contribution < 1.29 is 4.74 Å². The Morgan fingerprint density at radius 2 is 1.82 bits per heavy atom. The highest BCUT2D eigenvalue weighted by atomic mass is 35.5. The van der Waals surface area contributed by atoms with E-state index in [1.807, 2.05) is 0 Å². The minimum absolute atomic E-state index is 0. The highest BCUT2D eigenvalue weighted by Crippen LogP contribution is 2.32. The monoisotopic (exact) mass is 348 g/mol. The average molecular weight is 349 g/mol. The van der Waals surface area contributed by atoms with Crippen LogP contribution in [-0.4, -0.2) is 38.2 Å². The number of rotatable bonds is 5. The van der Waals surface area contributed by atoms with Crippen molar-refractivity contribution in [1.29, 1.82) is 0 Å². The molecule has 1 aliphatic heterocycles. The van der Waals surface area contributed by atoms with Gasteiger partial charge in [0, 0.05) is 32.2 Å². The molecule has 0 unspecified atom stereocenters. The summed E-state index contributed by atoms with van der Waals surface area (Å²) in [5.74, 6) is 1.66. The second-order valence-corrected chi connectivity index (χ2v) is 6.15. The van der Waals surface area contributed by atoms with Crippen molar-refractivity contribution in [2.75, 3.05) is 33.3 Å². The third-order valence-electron chi connectivity index (χ3n) is 4.12. The molecule has 0 spiro atoms. The lowest BCUT2D eigenvalue weighted by molar-refractivity contribution is 0.153. The Kier molecular flexibility index (Phi) is 10.1. The Bertz CT molecular complexity index is 435. The van der Waals surface area contributed by atoms with E-state index >= 15 is 0 Å². The van der Waals surface area contributed by atoms with E-state index in [9.17, 15) is 0 Å². The van der Waals surface area contributed by atoms with E-state index in [-0.39, 0.29) is 24.8 Å². The molecule has 1 aromatic carbocycles. The molecule has 1 atom stereocenters. The summed E-state index contributed by atoms with van der Waals surface area (Å²) in [5, 5.41) is 3.45. The molecule has 3 nitrogen and oxygen atoms in total. The van der Waals surface area contributed by atoms with Crippen LogP contribution in [0.3, 0.4) is 0 Å². The van der Waals surface area contributed by atoms with Gasteiger partial charge in [0.05, 0.1) is 7.11 Å². The van der Waals surface area contributed by atoms with Crippen LogP contribution in [-0.2, 0) is 0 Å². The minimum Gasteiger partial charge on any atom is -0.497 e. The number of benzene rings is 1. The maximum atomic E-state index is 5.33. The summed E-state index contributed by atoms with van der Waals surface area (Å²) in [6.45, 7) is 11.3. The van der Waals surface area contributed by atoms with Crippen LogP contribution in [0.25, 0.3) is 0 Å². The van der Waals surface area contributed by atoms with Gasteiger partial charge in [0.1, 0.15) is 5.75 Å². The lowest BCUT2D eigenvalue weighted by Gasteiger charge is -2.37. The fourth-order valence-electron chi connectivity index (χ4n) is 3.06. The van der Waals surface area contributed by atoms with E-state index < -0.39 is 0 Å². The van der Waals surface area contributed by atoms with Gasteiger partial charge in [-0.2, -0.15) is 0 Å². The van der Waals surface area contributed by atoms with Gasteiger partial charge in [-0.15, -0.1) is 24.8 Å². The molecule has 2 rings (SSSR count). The Morgan fingerprint density at radius 3 is 2.32 bits per heavy atom. The Balaban J connectivity index is 0.00000220. The lowest BCUT2D eigenvalue weighted by atomic mass is 9.92. The van der Waals surface area contributed by atoms with Crippen molar-refractivity contribution in [3.63, 3.8) is 0 Å². The number of methoxy groups -OCH3 is 1. The summed E-state index contributed by atoms with van der Waals surface area (Å²) in [4.78, 5) is 2.63. The van der Waals surface area contributed by atoms with Crippen molar-refractivity contribution in [2.24, 2.45) is 5.92 Å². The van der Waals surface area contributed by atoms with E-state index in [2.05, 4.69) is 49.2 Å². The van der Waals surface area contributed by atoms with Crippen LogP contribution in [0.1, 0.15) is 37.4 Å².